The van der Waals surface area contributed by atoms with Crippen LogP contribution in [0.1, 0.15) is 25.7 Å². The lowest BCUT2D eigenvalue weighted by Crippen LogP contribution is -2.45. The van der Waals surface area contributed by atoms with Crippen LogP contribution >= 0.6 is 0 Å². The first kappa shape index (κ1) is 5.69. The molecule has 2 heteroatoms. The molecule has 1 aliphatic heterocycles. The normalized spacial score (nSPS) is 39.0. The predicted octanol–water partition coefficient (Wildman–Crippen LogP) is 0.230. The Labute approximate surface area is 55.8 Å². The van der Waals surface area contributed by atoms with Crippen LogP contribution in [0.15, 0.2) is 0 Å². The minimum absolute atomic E-state index is 0.435. The Bertz CT molecular complexity index is 118. The van der Waals surface area contributed by atoms with Crippen molar-refractivity contribution >= 4 is 0 Å². The highest BCUT2D eigenvalue weighted by atomic mass is 15.1. The second-order valence-electron chi connectivity index (χ2n) is 3.48. The molecule has 0 bridgehead atoms. The molecule has 1 heterocycles. The molecule has 0 radical (unpaired) electrons. The third-order valence-corrected chi connectivity index (χ3v) is 2.70. The molecular formula is C7H14N2. The summed E-state index contributed by atoms with van der Waals surface area (Å²) in [6.45, 7) is 1.04. The Balaban J connectivity index is 1.99. The maximum Gasteiger partial charge on any atom is 0.0197 e. The van der Waals surface area contributed by atoms with E-state index in [0.717, 1.165) is 6.54 Å². The molecule has 0 amide bonds. The molecule has 52 valence electrons. The summed E-state index contributed by atoms with van der Waals surface area (Å²) in [5, 5.41) is 3.49. The fraction of sp³-hybridized carbons (Fsp3) is 1.00. The van der Waals surface area contributed by atoms with Crippen LogP contribution < -0.4 is 11.1 Å². The zero-order chi connectivity index (χ0) is 6.32. The van der Waals surface area contributed by atoms with Crippen molar-refractivity contribution in [3.63, 3.8) is 0 Å². The number of nitrogens with one attached hydrogen (secondary N) is 1. The smallest absolute Gasteiger partial charge is 0.0197 e. The summed E-state index contributed by atoms with van der Waals surface area (Å²) in [6.07, 6.45) is 5.34. The molecule has 1 atom stereocenters. The molecule has 3 N–H and O–H groups in total. The zero-order valence-electron chi connectivity index (χ0n) is 5.69. The molecule has 1 saturated heterocycles. The highest BCUT2D eigenvalue weighted by molar-refractivity contribution is 5.03. The van der Waals surface area contributed by atoms with Crippen molar-refractivity contribution in [2.45, 2.75) is 37.3 Å². The van der Waals surface area contributed by atoms with Gasteiger partial charge < -0.3 is 11.1 Å². The minimum Gasteiger partial charge on any atom is -0.326 e. The summed E-state index contributed by atoms with van der Waals surface area (Å²) in [5.74, 6) is 0. The van der Waals surface area contributed by atoms with Gasteiger partial charge in [-0.05, 0) is 25.7 Å². The first-order valence-electron chi connectivity index (χ1n) is 3.81. The summed E-state index contributed by atoms with van der Waals surface area (Å²) in [7, 11) is 0. The molecule has 0 aromatic carbocycles. The molecule has 0 aromatic heterocycles. The molecule has 2 aliphatic rings. The van der Waals surface area contributed by atoms with Crippen LogP contribution in [0.2, 0.25) is 0 Å². The average Bonchev–Trinajstić information content (AvgIpc) is 2.09. The highest BCUT2D eigenvalue weighted by Crippen LogP contribution is 2.38. The van der Waals surface area contributed by atoms with Crippen molar-refractivity contribution in [1.82, 2.24) is 5.32 Å². The lowest BCUT2D eigenvalue weighted by Gasteiger charge is -2.38. The van der Waals surface area contributed by atoms with Gasteiger partial charge >= 0.3 is 0 Å². The van der Waals surface area contributed by atoms with E-state index in [1.165, 1.54) is 25.7 Å². The summed E-state index contributed by atoms with van der Waals surface area (Å²) in [5.41, 5.74) is 6.27. The SMILES string of the molecule is NC1CNC2(CCC2)C1. The summed E-state index contributed by atoms with van der Waals surface area (Å²) in [4.78, 5) is 0. The molecule has 2 fully saturated rings. The molecule has 0 aromatic rings. The third kappa shape index (κ3) is 0.775. The van der Waals surface area contributed by atoms with Crippen molar-refractivity contribution in [3.8, 4) is 0 Å². The van der Waals surface area contributed by atoms with Gasteiger partial charge in [0.15, 0.2) is 0 Å². The maximum atomic E-state index is 5.76. The van der Waals surface area contributed by atoms with E-state index in [1.807, 2.05) is 0 Å². The van der Waals surface area contributed by atoms with Crippen molar-refractivity contribution in [1.29, 1.82) is 0 Å². The van der Waals surface area contributed by atoms with Crippen LogP contribution in [0, 0.1) is 0 Å². The zero-order valence-corrected chi connectivity index (χ0v) is 5.69. The van der Waals surface area contributed by atoms with Crippen molar-refractivity contribution < 1.29 is 0 Å². The van der Waals surface area contributed by atoms with E-state index < -0.39 is 0 Å². The van der Waals surface area contributed by atoms with Crippen LogP contribution in [-0.4, -0.2) is 18.1 Å². The fourth-order valence-electron chi connectivity index (χ4n) is 1.98. The molecule has 1 aliphatic carbocycles. The molecule has 2 nitrogen and oxygen atoms in total. The molecule has 1 saturated carbocycles. The van der Waals surface area contributed by atoms with Gasteiger partial charge in [-0.25, -0.2) is 0 Å². The number of hydrogen-bond donors (Lipinski definition) is 2. The molecule has 2 rings (SSSR count). The largest absolute Gasteiger partial charge is 0.326 e. The lowest BCUT2D eigenvalue weighted by molar-refractivity contribution is 0.214. The van der Waals surface area contributed by atoms with E-state index in [9.17, 15) is 0 Å². The van der Waals surface area contributed by atoms with E-state index >= 15 is 0 Å². The van der Waals surface area contributed by atoms with Gasteiger partial charge in [-0.1, -0.05) is 0 Å². The van der Waals surface area contributed by atoms with Crippen LogP contribution in [-0.2, 0) is 0 Å². The van der Waals surface area contributed by atoms with Crippen molar-refractivity contribution in [2.75, 3.05) is 6.54 Å². The Morgan fingerprint density at radius 3 is 2.44 bits per heavy atom. The van der Waals surface area contributed by atoms with Gasteiger partial charge in [-0.3, -0.25) is 0 Å². The van der Waals surface area contributed by atoms with Gasteiger partial charge in [-0.15, -0.1) is 0 Å². The van der Waals surface area contributed by atoms with E-state index in [1.54, 1.807) is 0 Å². The molecule has 9 heavy (non-hydrogen) atoms. The Hall–Kier alpha value is -0.0800. The Morgan fingerprint density at radius 1 is 1.44 bits per heavy atom. The lowest BCUT2D eigenvalue weighted by atomic mass is 9.75. The van der Waals surface area contributed by atoms with Crippen LogP contribution in [0.25, 0.3) is 0 Å². The summed E-state index contributed by atoms with van der Waals surface area (Å²) < 4.78 is 0. The minimum atomic E-state index is 0.435. The van der Waals surface area contributed by atoms with Crippen molar-refractivity contribution in [3.05, 3.63) is 0 Å². The highest BCUT2D eigenvalue weighted by Gasteiger charge is 2.41. The second-order valence-corrected chi connectivity index (χ2v) is 3.48. The molecule has 1 unspecified atom stereocenters. The summed E-state index contributed by atoms with van der Waals surface area (Å²) in [6, 6.07) is 0.435. The standard InChI is InChI=1S/C7H14N2/c8-6-4-7(9-5-6)2-1-3-7/h6,9H,1-5,8H2. The second kappa shape index (κ2) is 1.70. The maximum absolute atomic E-state index is 5.76. The van der Waals surface area contributed by atoms with Gasteiger partial charge in [0.25, 0.3) is 0 Å². The number of hydrogen-bond acceptors (Lipinski definition) is 2. The number of nitrogens with two attached hydrogens (primary N) is 1. The number of rotatable bonds is 0. The van der Waals surface area contributed by atoms with Gasteiger partial charge in [0.2, 0.25) is 0 Å². The first-order chi connectivity index (χ1) is 4.31. The van der Waals surface area contributed by atoms with E-state index in [-0.39, 0.29) is 0 Å². The summed E-state index contributed by atoms with van der Waals surface area (Å²) >= 11 is 0. The first-order valence-corrected chi connectivity index (χ1v) is 3.81. The van der Waals surface area contributed by atoms with E-state index in [0.29, 0.717) is 11.6 Å². The van der Waals surface area contributed by atoms with Crippen LogP contribution in [0.5, 0.6) is 0 Å². The van der Waals surface area contributed by atoms with Crippen molar-refractivity contribution in [2.24, 2.45) is 5.73 Å². The monoisotopic (exact) mass is 126 g/mol. The Kier molecular flexibility index (Phi) is 1.08. The van der Waals surface area contributed by atoms with E-state index in [4.69, 9.17) is 5.73 Å². The molecular weight excluding hydrogens is 112 g/mol. The fourth-order valence-corrected chi connectivity index (χ4v) is 1.98. The van der Waals surface area contributed by atoms with Gasteiger partial charge in [0.1, 0.15) is 0 Å². The molecule has 1 spiro atoms. The average molecular weight is 126 g/mol. The predicted molar refractivity (Wildman–Crippen MR) is 37.2 cm³/mol. The third-order valence-electron chi connectivity index (χ3n) is 2.70. The van der Waals surface area contributed by atoms with Gasteiger partial charge in [0.05, 0.1) is 0 Å². The van der Waals surface area contributed by atoms with Gasteiger partial charge in [-0.2, -0.15) is 0 Å². The van der Waals surface area contributed by atoms with E-state index in [2.05, 4.69) is 5.32 Å². The van der Waals surface area contributed by atoms with Crippen LogP contribution in [0.3, 0.4) is 0 Å². The van der Waals surface area contributed by atoms with Gasteiger partial charge in [0, 0.05) is 18.1 Å². The quantitative estimate of drug-likeness (QED) is 0.487. The Morgan fingerprint density at radius 2 is 2.22 bits per heavy atom. The topological polar surface area (TPSA) is 38.0 Å². The van der Waals surface area contributed by atoms with Crippen LogP contribution in [0.4, 0.5) is 0 Å².